The molecule has 0 atom stereocenters. The zero-order valence-corrected chi connectivity index (χ0v) is 13.9. The number of benzene rings is 2. The molecular formula is C18H13F3N2O4. The first-order valence-corrected chi connectivity index (χ1v) is 7.59. The molecule has 0 aliphatic rings. The molecule has 3 rings (SSSR count). The number of carboxylic acids is 1. The summed E-state index contributed by atoms with van der Waals surface area (Å²) in [5.41, 5.74) is -0.988. The number of hydrogen-bond donors (Lipinski definition) is 2. The highest BCUT2D eigenvalue weighted by Crippen LogP contribution is 2.34. The second kappa shape index (κ2) is 6.67. The van der Waals surface area contributed by atoms with Gasteiger partial charge in [-0.25, -0.2) is 9.48 Å². The van der Waals surface area contributed by atoms with Crippen LogP contribution in [0.1, 0.15) is 16.1 Å². The highest BCUT2D eigenvalue weighted by molar-refractivity contribution is 5.91. The van der Waals surface area contributed by atoms with Crippen molar-refractivity contribution in [1.82, 2.24) is 9.78 Å². The molecule has 0 unspecified atom stereocenters. The molecule has 3 aromatic rings. The van der Waals surface area contributed by atoms with Crippen molar-refractivity contribution >= 4 is 5.97 Å². The van der Waals surface area contributed by atoms with Crippen LogP contribution in [-0.2, 0) is 6.18 Å². The molecule has 0 fully saturated rings. The molecule has 140 valence electrons. The topological polar surface area (TPSA) is 84.6 Å². The van der Waals surface area contributed by atoms with Crippen molar-refractivity contribution < 1.29 is 32.9 Å². The molecule has 9 heteroatoms. The number of phenols is 1. The summed E-state index contributed by atoms with van der Waals surface area (Å²) in [7, 11) is 1.46. The minimum atomic E-state index is -4.68. The largest absolute Gasteiger partial charge is 0.507 e. The Balaban J connectivity index is 2.20. The maximum atomic E-state index is 13.2. The summed E-state index contributed by atoms with van der Waals surface area (Å²) < 4.78 is 45.5. The smallest absolute Gasteiger partial charge is 0.435 e. The Bertz CT molecular complexity index is 995. The van der Waals surface area contributed by atoms with Crippen molar-refractivity contribution in [3.05, 3.63) is 59.8 Å². The number of aromatic nitrogens is 2. The third-order valence-electron chi connectivity index (χ3n) is 3.84. The third-order valence-corrected chi connectivity index (χ3v) is 3.84. The number of aromatic carboxylic acids is 1. The minimum absolute atomic E-state index is 0.0616. The van der Waals surface area contributed by atoms with Crippen LogP contribution in [0.4, 0.5) is 13.2 Å². The molecule has 0 radical (unpaired) electrons. The Morgan fingerprint density at radius 1 is 1.11 bits per heavy atom. The van der Waals surface area contributed by atoms with E-state index in [2.05, 4.69) is 5.10 Å². The van der Waals surface area contributed by atoms with Crippen molar-refractivity contribution in [3.8, 4) is 28.4 Å². The standard InChI is InChI=1S/C18H13F3N2O4/c1-27-12-5-2-10(3-6-12)14-9-16(18(19,20)21)22-23(14)11-4-7-15(24)13(8-11)17(25)26/h2-9,24H,1H3,(H,25,26). The number of ether oxygens (including phenoxy) is 1. The van der Waals surface area contributed by atoms with Gasteiger partial charge in [0.25, 0.3) is 0 Å². The van der Waals surface area contributed by atoms with E-state index in [0.717, 1.165) is 22.9 Å². The molecule has 0 bridgehead atoms. The van der Waals surface area contributed by atoms with Crippen LogP contribution in [0.3, 0.4) is 0 Å². The fraction of sp³-hybridized carbons (Fsp3) is 0.111. The average molecular weight is 378 g/mol. The van der Waals surface area contributed by atoms with Crippen LogP contribution in [-0.4, -0.2) is 33.1 Å². The quantitative estimate of drug-likeness (QED) is 0.718. The zero-order chi connectivity index (χ0) is 19.8. The molecule has 0 spiro atoms. The Hall–Kier alpha value is -3.49. The van der Waals surface area contributed by atoms with Crippen LogP contribution < -0.4 is 4.74 Å². The van der Waals surface area contributed by atoms with Crippen LogP contribution in [0.15, 0.2) is 48.5 Å². The first kappa shape index (κ1) is 18.3. The van der Waals surface area contributed by atoms with Gasteiger partial charge in [0.2, 0.25) is 0 Å². The van der Waals surface area contributed by atoms with E-state index >= 15 is 0 Å². The van der Waals surface area contributed by atoms with Gasteiger partial charge in [-0.2, -0.15) is 18.3 Å². The summed E-state index contributed by atoms with van der Waals surface area (Å²) in [6.07, 6.45) is -4.68. The Kier molecular flexibility index (Phi) is 4.52. The number of carbonyl (C=O) groups is 1. The lowest BCUT2D eigenvalue weighted by Crippen LogP contribution is -2.08. The SMILES string of the molecule is COc1ccc(-c2cc(C(F)(F)F)nn2-c2ccc(O)c(C(=O)O)c2)cc1. The van der Waals surface area contributed by atoms with Crippen LogP contribution in [0, 0.1) is 0 Å². The van der Waals surface area contributed by atoms with E-state index in [1.54, 1.807) is 24.3 Å². The number of aromatic hydroxyl groups is 1. The Morgan fingerprint density at radius 2 is 1.78 bits per heavy atom. The van der Waals surface area contributed by atoms with Gasteiger partial charge in [0.1, 0.15) is 17.1 Å². The number of nitrogens with zero attached hydrogens (tertiary/aromatic N) is 2. The molecule has 0 saturated heterocycles. The number of methoxy groups -OCH3 is 1. The fourth-order valence-corrected chi connectivity index (χ4v) is 2.51. The lowest BCUT2D eigenvalue weighted by molar-refractivity contribution is -0.141. The van der Waals surface area contributed by atoms with Gasteiger partial charge in [-0.3, -0.25) is 0 Å². The second-order valence-corrected chi connectivity index (χ2v) is 5.56. The van der Waals surface area contributed by atoms with Gasteiger partial charge >= 0.3 is 12.1 Å². The second-order valence-electron chi connectivity index (χ2n) is 5.56. The maximum Gasteiger partial charge on any atom is 0.435 e. The summed E-state index contributed by atoms with van der Waals surface area (Å²) in [6, 6.07) is 10.6. The summed E-state index contributed by atoms with van der Waals surface area (Å²) in [5.74, 6) is -1.39. The van der Waals surface area contributed by atoms with Gasteiger partial charge in [0.15, 0.2) is 5.69 Å². The fourth-order valence-electron chi connectivity index (χ4n) is 2.51. The highest BCUT2D eigenvalue weighted by Gasteiger charge is 2.35. The van der Waals surface area contributed by atoms with Gasteiger partial charge in [-0.1, -0.05) is 0 Å². The van der Waals surface area contributed by atoms with Crippen LogP contribution >= 0.6 is 0 Å². The van der Waals surface area contributed by atoms with Gasteiger partial charge in [-0.15, -0.1) is 0 Å². The normalized spacial score (nSPS) is 11.4. The van der Waals surface area contributed by atoms with Gasteiger partial charge in [-0.05, 0) is 48.5 Å². The summed E-state index contributed by atoms with van der Waals surface area (Å²) in [6.45, 7) is 0. The van der Waals surface area contributed by atoms with E-state index in [0.29, 0.717) is 11.3 Å². The van der Waals surface area contributed by atoms with Crippen molar-refractivity contribution in [2.45, 2.75) is 6.18 Å². The molecular weight excluding hydrogens is 365 g/mol. The van der Waals surface area contributed by atoms with Gasteiger partial charge in [0.05, 0.1) is 18.5 Å². The molecule has 0 saturated carbocycles. The monoisotopic (exact) mass is 378 g/mol. The first-order chi connectivity index (χ1) is 12.7. The van der Waals surface area contributed by atoms with Gasteiger partial charge < -0.3 is 14.9 Å². The number of halogens is 3. The predicted octanol–water partition coefficient (Wildman–Crippen LogP) is 3.97. The number of carboxylic acid groups (broad SMARTS) is 1. The van der Waals surface area contributed by atoms with Crippen molar-refractivity contribution in [2.75, 3.05) is 7.11 Å². The lowest BCUT2D eigenvalue weighted by atomic mass is 10.1. The maximum absolute atomic E-state index is 13.2. The minimum Gasteiger partial charge on any atom is -0.507 e. The highest BCUT2D eigenvalue weighted by atomic mass is 19.4. The lowest BCUT2D eigenvalue weighted by Gasteiger charge is -2.10. The third kappa shape index (κ3) is 3.57. The van der Waals surface area contributed by atoms with E-state index in [1.165, 1.54) is 13.2 Å². The molecule has 27 heavy (non-hydrogen) atoms. The molecule has 0 aliphatic carbocycles. The van der Waals surface area contributed by atoms with Crippen LogP contribution in [0.2, 0.25) is 0 Å². The molecule has 6 nitrogen and oxygen atoms in total. The molecule has 0 amide bonds. The molecule has 1 heterocycles. The summed E-state index contributed by atoms with van der Waals surface area (Å²) in [4.78, 5) is 11.2. The Labute approximate surface area is 151 Å². The number of rotatable bonds is 4. The predicted molar refractivity (Wildman–Crippen MR) is 89.2 cm³/mol. The number of alkyl halides is 3. The van der Waals surface area contributed by atoms with Crippen LogP contribution in [0.25, 0.3) is 16.9 Å². The molecule has 2 N–H and O–H groups in total. The summed E-state index contributed by atoms with van der Waals surface area (Å²) >= 11 is 0. The van der Waals surface area contributed by atoms with Crippen LogP contribution in [0.5, 0.6) is 11.5 Å². The van der Waals surface area contributed by atoms with E-state index < -0.39 is 29.2 Å². The van der Waals surface area contributed by atoms with E-state index in [9.17, 15) is 23.1 Å². The van der Waals surface area contributed by atoms with E-state index in [4.69, 9.17) is 9.84 Å². The Morgan fingerprint density at radius 3 is 2.33 bits per heavy atom. The van der Waals surface area contributed by atoms with Crippen molar-refractivity contribution in [1.29, 1.82) is 0 Å². The first-order valence-electron chi connectivity index (χ1n) is 7.59. The molecule has 1 aromatic heterocycles. The molecule has 2 aromatic carbocycles. The zero-order valence-electron chi connectivity index (χ0n) is 13.9. The average Bonchev–Trinajstić information content (AvgIpc) is 3.07. The van der Waals surface area contributed by atoms with E-state index in [-0.39, 0.29) is 11.4 Å². The summed E-state index contributed by atoms with van der Waals surface area (Å²) in [5, 5.41) is 22.3. The molecule has 0 aliphatic heterocycles. The van der Waals surface area contributed by atoms with E-state index in [1.807, 2.05) is 0 Å². The number of hydrogen-bond acceptors (Lipinski definition) is 4. The van der Waals surface area contributed by atoms with Gasteiger partial charge in [0, 0.05) is 5.56 Å². The van der Waals surface area contributed by atoms with Crippen molar-refractivity contribution in [2.24, 2.45) is 0 Å². The van der Waals surface area contributed by atoms with Crippen molar-refractivity contribution in [3.63, 3.8) is 0 Å².